The fourth-order valence-electron chi connectivity index (χ4n) is 1.50. The Hall–Kier alpha value is -1.48. The van der Waals surface area contributed by atoms with Crippen LogP contribution in [0.2, 0.25) is 0 Å². The van der Waals surface area contributed by atoms with E-state index in [2.05, 4.69) is 12.1 Å². The normalized spacial score (nSPS) is 9.25. The zero-order valence-corrected chi connectivity index (χ0v) is 10.3. The Kier molecular flexibility index (Phi) is 4.86. The van der Waals surface area contributed by atoms with Crippen LogP contribution in [0.3, 0.4) is 0 Å². The van der Waals surface area contributed by atoms with Gasteiger partial charge in [0.2, 0.25) is 0 Å². The van der Waals surface area contributed by atoms with Crippen LogP contribution in [0.1, 0.15) is 15.9 Å². The molecule has 0 aliphatic carbocycles. The number of aldehydes is 1. The summed E-state index contributed by atoms with van der Waals surface area (Å²) in [6.07, 6.45) is 4.67. The van der Waals surface area contributed by atoms with Crippen LogP contribution >= 0.6 is 0 Å². The topological polar surface area (TPSA) is 20.9 Å². The van der Waals surface area contributed by atoms with Crippen molar-refractivity contribution in [2.45, 2.75) is 6.54 Å². The van der Waals surface area contributed by atoms with Crippen LogP contribution in [0.15, 0.2) is 54.9 Å². The van der Waals surface area contributed by atoms with E-state index in [9.17, 15) is 4.79 Å². The molecule has 1 aromatic heterocycles. The first-order valence-electron chi connectivity index (χ1n) is 4.87. The van der Waals surface area contributed by atoms with E-state index < -0.39 is 0 Å². The Morgan fingerprint density at radius 2 is 1.81 bits per heavy atom. The molecule has 0 aliphatic heterocycles. The quantitative estimate of drug-likeness (QED) is 0.512. The first kappa shape index (κ1) is 12.6. The molecule has 0 saturated carbocycles. The molecule has 2 rings (SSSR count). The summed E-state index contributed by atoms with van der Waals surface area (Å²) >= 11 is 0. The number of halogens is 1. The van der Waals surface area contributed by atoms with Gasteiger partial charge in [-0.15, -0.1) is 0 Å². The summed E-state index contributed by atoms with van der Waals surface area (Å²) in [4.78, 5) is 10.6. The molecule has 2 nitrogen and oxygen atoms in total. The number of hydrogen-bond acceptors (Lipinski definition) is 1. The van der Waals surface area contributed by atoms with Crippen LogP contribution in [-0.2, 0) is 6.54 Å². The molecule has 0 aliphatic rings. The molecule has 2 aromatic rings. The summed E-state index contributed by atoms with van der Waals surface area (Å²) in [6, 6.07) is 13.8. The molecule has 0 unspecified atom stereocenters. The second-order valence-corrected chi connectivity index (χ2v) is 3.41. The maximum absolute atomic E-state index is 10.6. The molecule has 0 radical (unpaired) electrons. The van der Waals surface area contributed by atoms with Gasteiger partial charge >= 0.3 is 0 Å². The molecule has 3 heteroatoms. The summed E-state index contributed by atoms with van der Waals surface area (Å²) in [6.45, 7) is 0.794. The van der Waals surface area contributed by atoms with Crippen LogP contribution in [0.25, 0.3) is 0 Å². The van der Waals surface area contributed by atoms with Crippen molar-refractivity contribution in [1.29, 1.82) is 0 Å². The molecule has 0 bridgehead atoms. The number of aromatic nitrogens is 1. The third-order valence-electron chi connectivity index (χ3n) is 2.23. The summed E-state index contributed by atoms with van der Waals surface area (Å²) < 4.78 is 2.00. The minimum absolute atomic E-state index is 0. The van der Waals surface area contributed by atoms with Crippen molar-refractivity contribution in [2.75, 3.05) is 0 Å². The molecule has 0 saturated heterocycles. The monoisotopic (exact) mass is 277 g/mol. The number of hydrogen-bond donors (Lipinski definition) is 0. The van der Waals surface area contributed by atoms with Crippen molar-refractivity contribution in [2.24, 2.45) is 0 Å². The third kappa shape index (κ3) is 3.28. The lowest BCUT2D eigenvalue weighted by molar-refractivity contribution is -0.688. The molecule has 0 spiro atoms. The van der Waals surface area contributed by atoms with E-state index in [-0.39, 0.29) is 17.0 Å². The maximum atomic E-state index is 10.6. The van der Waals surface area contributed by atoms with Crippen molar-refractivity contribution < 1.29 is 26.3 Å². The Morgan fingerprint density at radius 1 is 1.06 bits per heavy atom. The van der Waals surface area contributed by atoms with Gasteiger partial charge in [-0.25, -0.2) is 4.57 Å². The van der Waals surface area contributed by atoms with Gasteiger partial charge in [0.15, 0.2) is 25.2 Å². The van der Waals surface area contributed by atoms with Crippen molar-refractivity contribution in [1.82, 2.24) is 0 Å². The first-order valence-corrected chi connectivity index (χ1v) is 4.87. The Labute approximate surface area is 105 Å². The minimum Gasteiger partial charge on any atom is -1.00 e. The highest BCUT2D eigenvalue weighted by Crippen LogP contribution is 1.97. The molecule has 82 valence electrons. The average molecular weight is 278 g/mol. The van der Waals surface area contributed by atoms with E-state index in [1.54, 1.807) is 6.07 Å². The second-order valence-electron chi connectivity index (χ2n) is 3.41. The van der Waals surface area contributed by atoms with Crippen molar-refractivity contribution >= 4 is 6.29 Å². The van der Waals surface area contributed by atoms with Gasteiger partial charge in [-0.1, -0.05) is 30.3 Å². The molecular formula is C13H12BrNO. The highest BCUT2D eigenvalue weighted by Gasteiger charge is 2.02. The number of pyridine rings is 1. The van der Waals surface area contributed by atoms with Crippen LogP contribution in [0, 0.1) is 0 Å². The van der Waals surface area contributed by atoms with E-state index >= 15 is 0 Å². The van der Waals surface area contributed by atoms with E-state index in [0.717, 1.165) is 12.8 Å². The number of carbonyl (C=O) groups is 1. The highest BCUT2D eigenvalue weighted by atomic mass is 79.9. The molecule has 0 fully saturated rings. The van der Waals surface area contributed by atoms with Gasteiger partial charge < -0.3 is 17.0 Å². The van der Waals surface area contributed by atoms with Gasteiger partial charge in [0.25, 0.3) is 0 Å². The van der Waals surface area contributed by atoms with Crippen LogP contribution in [0.5, 0.6) is 0 Å². The second kappa shape index (κ2) is 6.18. The highest BCUT2D eigenvalue weighted by molar-refractivity contribution is 5.73. The SMILES string of the molecule is O=Cc1ccc[n+](Cc2ccccc2)c1.[Br-]. The fourth-order valence-corrected chi connectivity index (χ4v) is 1.50. The van der Waals surface area contributed by atoms with E-state index in [1.807, 2.05) is 41.2 Å². The number of carbonyl (C=O) groups excluding carboxylic acids is 1. The van der Waals surface area contributed by atoms with Gasteiger partial charge in [-0.2, -0.15) is 0 Å². The predicted molar refractivity (Wildman–Crippen MR) is 57.6 cm³/mol. The van der Waals surface area contributed by atoms with Gasteiger partial charge in [-0.3, -0.25) is 4.79 Å². The zero-order valence-electron chi connectivity index (χ0n) is 8.71. The largest absolute Gasteiger partial charge is 1.00 e. The predicted octanol–water partition coefficient (Wildman–Crippen LogP) is -1.16. The number of nitrogens with zero attached hydrogens (tertiary/aromatic N) is 1. The van der Waals surface area contributed by atoms with Crippen molar-refractivity contribution in [3.63, 3.8) is 0 Å². The van der Waals surface area contributed by atoms with Crippen LogP contribution < -0.4 is 21.5 Å². The van der Waals surface area contributed by atoms with Gasteiger partial charge in [-0.05, 0) is 6.07 Å². The lowest BCUT2D eigenvalue weighted by atomic mass is 10.2. The molecule has 0 atom stereocenters. The average Bonchev–Trinajstić information content (AvgIpc) is 2.31. The lowest BCUT2D eigenvalue weighted by Crippen LogP contribution is -3.00. The van der Waals surface area contributed by atoms with Crippen LogP contribution in [0.4, 0.5) is 0 Å². The fraction of sp³-hybridized carbons (Fsp3) is 0.0769. The van der Waals surface area contributed by atoms with Crippen molar-refractivity contribution in [3.8, 4) is 0 Å². The summed E-state index contributed by atoms with van der Waals surface area (Å²) in [7, 11) is 0. The minimum atomic E-state index is 0. The first-order chi connectivity index (χ1) is 7.38. The molecule has 1 aromatic carbocycles. The smallest absolute Gasteiger partial charge is 0.179 e. The van der Waals surface area contributed by atoms with Gasteiger partial charge in [0.05, 0.1) is 5.56 Å². The zero-order chi connectivity index (χ0) is 10.5. The molecule has 1 heterocycles. The molecule has 0 amide bonds. The van der Waals surface area contributed by atoms with E-state index in [1.165, 1.54) is 5.56 Å². The van der Waals surface area contributed by atoms with Gasteiger partial charge in [0.1, 0.15) is 0 Å². The van der Waals surface area contributed by atoms with Crippen molar-refractivity contribution in [3.05, 3.63) is 66.0 Å². The number of benzene rings is 1. The van der Waals surface area contributed by atoms with Crippen LogP contribution in [-0.4, -0.2) is 6.29 Å². The van der Waals surface area contributed by atoms with E-state index in [4.69, 9.17) is 0 Å². The van der Waals surface area contributed by atoms with E-state index in [0.29, 0.717) is 5.56 Å². The standard InChI is InChI=1S/C13H12NO.BrH/c15-11-13-7-4-8-14(10-13)9-12-5-2-1-3-6-12;/h1-8,10-11H,9H2;1H/q+1;/p-1. The number of rotatable bonds is 3. The maximum Gasteiger partial charge on any atom is 0.179 e. The lowest BCUT2D eigenvalue weighted by Gasteiger charge is -1.97. The third-order valence-corrected chi connectivity index (χ3v) is 2.23. The Balaban J connectivity index is 0.00000128. The summed E-state index contributed by atoms with van der Waals surface area (Å²) in [5.41, 5.74) is 1.93. The summed E-state index contributed by atoms with van der Waals surface area (Å²) in [5.74, 6) is 0. The Bertz CT molecular complexity index is 456. The summed E-state index contributed by atoms with van der Waals surface area (Å²) in [5, 5.41) is 0. The molecular weight excluding hydrogens is 266 g/mol. The molecule has 16 heavy (non-hydrogen) atoms. The Morgan fingerprint density at radius 3 is 2.50 bits per heavy atom. The molecule has 0 N–H and O–H groups in total. The van der Waals surface area contributed by atoms with Gasteiger partial charge in [0, 0.05) is 11.6 Å².